The summed E-state index contributed by atoms with van der Waals surface area (Å²) in [5.41, 5.74) is 2.99. The van der Waals surface area contributed by atoms with E-state index in [1.165, 1.54) is 0 Å². The number of hydrogen-bond donors (Lipinski definition) is 1. The van der Waals surface area contributed by atoms with Gasteiger partial charge in [0.1, 0.15) is 0 Å². The van der Waals surface area contributed by atoms with Crippen LogP contribution in [0.1, 0.15) is 32.3 Å². The van der Waals surface area contributed by atoms with Crippen molar-refractivity contribution in [2.24, 2.45) is 5.92 Å². The first-order valence-electron chi connectivity index (χ1n) is 10.6. The molecule has 7 nitrogen and oxygen atoms in total. The quantitative estimate of drug-likeness (QED) is 0.348. The molecule has 168 valence electrons. The van der Waals surface area contributed by atoms with E-state index in [9.17, 15) is 14.4 Å². The van der Waals surface area contributed by atoms with Crippen molar-refractivity contribution in [2.75, 3.05) is 6.61 Å². The summed E-state index contributed by atoms with van der Waals surface area (Å²) in [6.07, 6.45) is 1.47. The molecule has 1 N–H and O–H groups in total. The maximum atomic E-state index is 13.5. The predicted octanol–water partition coefficient (Wildman–Crippen LogP) is 4.50. The highest BCUT2D eigenvalue weighted by Crippen LogP contribution is 2.27. The molecule has 0 aliphatic carbocycles. The number of carbonyl (C=O) groups is 1. The van der Waals surface area contributed by atoms with Crippen molar-refractivity contribution in [3.8, 4) is 0 Å². The number of carbonyl (C=O) groups excluding carboxylic acids is 1. The monoisotopic (exact) mass is 517 g/mol. The number of fused-ring (bicyclic) bond motifs is 2. The average molecular weight is 518 g/mol. The minimum absolute atomic E-state index is 0.133. The van der Waals surface area contributed by atoms with E-state index in [0.29, 0.717) is 19.6 Å². The fourth-order valence-electron chi connectivity index (χ4n) is 4.09. The van der Waals surface area contributed by atoms with Crippen LogP contribution in [0.2, 0.25) is 0 Å². The molecular formula is C23H24BrN3O4S. The molecule has 1 atom stereocenters. The van der Waals surface area contributed by atoms with Crippen LogP contribution >= 0.6 is 27.3 Å². The van der Waals surface area contributed by atoms with Crippen LogP contribution in [-0.4, -0.2) is 26.7 Å². The summed E-state index contributed by atoms with van der Waals surface area (Å²) in [6.45, 7) is 4.69. The van der Waals surface area contributed by atoms with E-state index in [2.05, 4.69) is 20.9 Å². The molecule has 0 saturated carbocycles. The Morgan fingerprint density at radius 3 is 2.56 bits per heavy atom. The van der Waals surface area contributed by atoms with Gasteiger partial charge in [0.15, 0.2) is 0 Å². The first kappa shape index (κ1) is 22.5. The lowest BCUT2D eigenvalue weighted by Gasteiger charge is -2.15. The fourth-order valence-corrected chi connectivity index (χ4v) is 5.42. The first-order valence-corrected chi connectivity index (χ1v) is 12.2. The van der Waals surface area contributed by atoms with Crippen LogP contribution in [0.4, 0.5) is 0 Å². The molecule has 9 heteroatoms. The van der Waals surface area contributed by atoms with Gasteiger partial charge >= 0.3 is 16.5 Å². The third kappa shape index (κ3) is 4.31. The van der Waals surface area contributed by atoms with Gasteiger partial charge < -0.3 is 9.72 Å². The number of hydrogen-bond acceptors (Lipinski definition) is 5. The van der Waals surface area contributed by atoms with Gasteiger partial charge in [0.2, 0.25) is 0 Å². The highest BCUT2D eigenvalue weighted by Gasteiger charge is 2.23. The molecule has 0 radical (unpaired) electrons. The minimum Gasteiger partial charge on any atom is -0.466 e. The molecule has 0 aliphatic heterocycles. The molecule has 0 amide bonds. The topological polar surface area (TPSA) is 86.1 Å². The van der Waals surface area contributed by atoms with Crippen molar-refractivity contribution < 1.29 is 9.53 Å². The molecule has 2 aromatic heterocycles. The molecular weight excluding hydrogens is 494 g/mol. The average Bonchev–Trinajstić information content (AvgIpc) is 3.25. The van der Waals surface area contributed by atoms with Crippen LogP contribution in [0.3, 0.4) is 0 Å². The van der Waals surface area contributed by atoms with Crippen molar-refractivity contribution >= 4 is 54.5 Å². The second-order valence-electron chi connectivity index (χ2n) is 7.66. The summed E-state index contributed by atoms with van der Waals surface area (Å²) in [5, 5.41) is 0. The maximum Gasteiger partial charge on any atom is 0.329 e. The van der Waals surface area contributed by atoms with Crippen molar-refractivity contribution in [1.29, 1.82) is 0 Å². The van der Waals surface area contributed by atoms with Crippen molar-refractivity contribution in [3.05, 3.63) is 66.6 Å². The molecule has 0 spiro atoms. The van der Waals surface area contributed by atoms with E-state index in [-0.39, 0.29) is 29.0 Å². The third-order valence-electron chi connectivity index (χ3n) is 5.48. The van der Waals surface area contributed by atoms with E-state index in [1.54, 1.807) is 16.1 Å². The number of aromatic nitrogens is 3. The number of thiazole rings is 1. The lowest BCUT2D eigenvalue weighted by Crippen LogP contribution is -2.30. The largest absolute Gasteiger partial charge is 0.466 e. The van der Waals surface area contributed by atoms with Crippen molar-refractivity contribution in [3.63, 3.8) is 0 Å². The van der Waals surface area contributed by atoms with Crippen LogP contribution < -0.4 is 10.6 Å². The third-order valence-corrected chi connectivity index (χ3v) is 6.91. The van der Waals surface area contributed by atoms with E-state index >= 15 is 0 Å². The van der Waals surface area contributed by atoms with E-state index in [0.717, 1.165) is 49.0 Å². The number of nitrogens with one attached hydrogen (secondary N) is 1. The summed E-state index contributed by atoms with van der Waals surface area (Å²) in [5.74, 6) is -0.659. The molecule has 4 rings (SSSR count). The molecule has 32 heavy (non-hydrogen) atoms. The number of H-pyrrole nitrogens is 1. The second kappa shape index (κ2) is 9.46. The van der Waals surface area contributed by atoms with Gasteiger partial charge in [-0.25, -0.2) is 4.79 Å². The Balaban J connectivity index is 1.81. The Hall–Kier alpha value is -2.65. The lowest BCUT2D eigenvalue weighted by molar-refractivity contribution is -0.148. The number of para-hydroxylation sites is 2. The normalized spacial score (nSPS) is 12.5. The van der Waals surface area contributed by atoms with Crippen LogP contribution in [-0.2, 0) is 22.6 Å². The number of rotatable bonds is 8. The van der Waals surface area contributed by atoms with Crippen LogP contribution in [0.5, 0.6) is 0 Å². The van der Waals surface area contributed by atoms with E-state index < -0.39 is 0 Å². The van der Waals surface area contributed by atoms with Crippen molar-refractivity contribution in [1.82, 2.24) is 14.1 Å². The van der Waals surface area contributed by atoms with Gasteiger partial charge in [-0.15, -0.1) is 0 Å². The number of benzene rings is 2. The number of halogens is 1. The Bertz CT molecular complexity index is 1400. The second-order valence-corrected chi connectivity index (χ2v) is 9.56. The van der Waals surface area contributed by atoms with E-state index in [1.807, 2.05) is 43.3 Å². The zero-order chi connectivity index (χ0) is 22.8. The molecule has 1 unspecified atom stereocenters. The summed E-state index contributed by atoms with van der Waals surface area (Å²) < 4.78 is 10.3. The number of imidazole rings is 1. The Kier molecular flexibility index (Phi) is 6.66. The highest BCUT2D eigenvalue weighted by molar-refractivity contribution is 9.10. The smallest absolute Gasteiger partial charge is 0.329 e. The number of nitrogens with zero attached hydrogens (tertiary/aromatic N) is 2. The van der Waals surface area contributed by atoms with Crippen LogP contribution in [0.15, 0.2) is 50.5 Å². The molecule has 0 fully saturated rings. The Labute approximate surface area is 196 Å². The maximum absolute atomic E-state index is 13.5. The Morgan fingerprint density at radius 1 is 1.16 bits per heavy atom. The van der Waals surface area contributed by atoms with Gasteiger partial charge in [-0.3, -0.25) is 18.7 Å². The number of esters is 1. The van der Waals surface area contributed by atoms with Gasteiger partial charge in [0.25, 0.3) is 0 Å². The van der Waals surface area contributed by atoms with Gasteiger partial charge in [-0.05, 0) is 43.2 Å². The van der Waals surface area contributed by atoms with Gasteiger partial charge in [-0.1, -0.05) is 52.7 Å². The number of ether oxygens (including phenoxy) is 1. The molecule has 2 heterocycles. The molecule has 2 aromatic carbocycles. The zero-order valence-corrected chi connectivity index (χ0v) is 20.3. The standard InChI is InChI=1S/C23H24BrN3O4S/c1-3-7-14(21(28)31-4-2)12-26-18-8-5-6-9-19(18)27(23(26)30)13-15-10-16(24)11-17-20(15)32-22(29)25-17/h5-6,8-11,14H,3-4,7,12-13H2,1-2H3,(H,25,29). The highest BCUT2D eigenvalue weighted by atomic mass is 79.9. The summed E-state index contributed by atoms with van der Waals surface area (Å²) in [6, 6.07) is 11.4. The molecule has 0 aliphatic rings. The zero-order valence-electron chi connectivity index (χ0n) is 17.9. The predicted molar refractivity (Wildman–Crippen MR) is 130 cm³/mol. The van der Waals surface area contributed by atoms with Crippen molar-refractivity contribution in [2.45, 2.75) is 39.8 Å². The summed E-state index contributed by atoms with van der Waals surface area (Å²) in [7, 11) is 0. The van der Waals surface area contributed by atoms with Gasteiger partial charge in [-0.2, -0.15) is 0 Å². The molecule has 0 bridgehead atoms. The number of aromatic amines is 1. The SMILES string of the molecule is CCCC(Cn1c(=O)n(Cc2cc(Br)cc3[nH]c(=O)sc23)c2ccccc21)C(=O)OCC. The van der Waals surface area contributed by atoms with Gasteiger partial charge in [0.05, 0.1) is 40.3 Å². The van der Waals surface area contributed by atoms with Gasteiger partial charge in [0, 0.05) is 11.0 Å². The first-order chi connectivity index (χ1) is 15.4. The van der Waals surface area contributed by atoms with Crippen LogP contribution in [0, 0.1) is 5.92 Å². The Morgan fingerprint density at radius 2 is 1.88 bits per heavy atom. The van der Waals surface area contributed by atoms with Crippen LogP contribution in [0.25, 0.3) is 21.3 Å². The lowest BCUT2D eigenvalue weighted by atomic mass is 10.0. The van der Waals surface area contributed by atoms with E-state index in [4.69, 9.17) is 4.74 Å². The molecule has 4 aromatic rings. The summed E-state index contributed by atoms with van der Waals surface area (Å²) in [4.78, 5) is 40.6. The fraction of sp³-hybridized carbons (Fsp3) is 0.348. The molecule has 0 saturated heterocycles. The minimum atomic E-state index is -0.385. The summed E-state index contributed by atoms with van der Waals surface area (Å²) >= 11 is 4.63.